The first-order valence-corrected chi connectivity index (χ1v) is 16.3. The summed E-state index contributed by atoms with van der Waals surface area (Å²) in [6.45, 7) is 6.68. The van der Waals surface area contributed by atoms with Gasteiger partial charge in [-0.3, -0.25) is 0 Å². The van der Waals surface area contributed by atoms with Gasteiger partial charge in [-0.05, 0) is 51.2 Å². The van der Waals surface area contributed by atoms with Gasteiger partial charge in [0.15, 0.2) is 0 Å². The van der Waals surface area contributed by atoms with Crippen molar-refractivity contribution in [3.63, 3.8) is 0 Å². The predicted molar refractivity (Wildman–Crippen MR) is 148 cm³/mol. The van der Waals surface area contributed by atoms with Crippen LogP contribution in [0.2, 0.25) is 0 Å². The average molecular weight is 509 g/mol. The molecule has 0 aliphatic carbocycles. The maximum absolute atomic E-state index is 13.0. The Balaban J connectivity index is 1.56. The second-order valence-corrected chi connectivity index (χ2v) is 12.5. The van der Waals surface area contributed by atoms with Crippen molar-refractivity contribution in [3.05, 3.63) is 29.8 Å². The Kier molecular flexibility index (Phi) is 15.2. The standard InChI is InChI=1S/C30H54NO3S/c1-3-4-5-6-7-8-9-10-11-12-13-14-15-16-17-19-26-31(27-20-18-21-28-31)34-35(32,33)30-24-22-29(2)23-25-30/h22-25H,3-21,26-28H2,1-2H3/q+1. The molecule has 0 radical (unpaired) electrons. The number of quaternary nitrogens is 1. The van der Waals surface area contributed by atoms with Crippen LogP contribution in [0.5, 0.6) is 0 Å². The van der Waals surface area contributed by atoms with E-state index in [2.05, 4.69) is 6.92 Å². The number of aryl methyl sites for hydroxylation is 1. The number of hydrogen-bond acceptors (Lipinski definition) is 3. The van der Waals surface area contributed by atoms with Crippen molar-refractivity contribution in [2.24, 2.45) is 0 Å². The molecular weight excluding hydrogens is 454 g/mol. The molecule has 2 rings (SSSR count). The topological polar surface area (TPSA) is 43.4 Å². The zero-order valence-corrected chi connectivity index (χ0v) is 23.8. The third-order valence-corrected chi connectivity index (χ3v) is 8.98. The Morgan fingerprint density at radius 1 is 0.657 bits per heavy atom. The molecule has 0 N–H and O–H groups in total. The normalized spacial score (nSPS) is 15.9. The summed E-state index contributed by atoms with van der Waals surface area (Å²) < 4.78 is 32.1. The van der Waals surface area contributed by atoms with E-state index in [0.717, 1.165) is 44.5 Å². The first-order chi connectivity index (χ1) is 17.0. The number of rotatable bonds is 20. The van der Waals surface area contributed by atoms with Gasteiger partial charge in [0.1, 0.15) is 19.6 Å². The number of piperidine rings is 1. The molecule has 1 heterocycles. The molecule has 0 bridgehead atoms. The number of unbranched alkanes of at least 4 members (excludes halogenated alkanes) is 15. The first-order valence-electron chi connectivity index (χ1n) is 14.9. The van der Waals surface area contributed by atoms with E-state index < -0.39 is 10.1 Å². The first kappa shape index (κ1) is 30.3. The number of likely N-dealkylation sites (tertiary alicyclic amines) is 1. The third kappa shape index (κ3) is 12.7. The van der Waals surface area contributed by atoms with Gasteiger partial charge >= 0.3 is 10.1 Å². The largest absolute Gasteiger partial charge is 0.342 e. The van der Waals surface area contributed by atoms with Gasteiger partial charge in [-0.2, -0.15) is 13.1 Å². The lowest BCUT2D eigenvalue weighted by Gasteiger charge is -2.37. The van der Waals surface area contributed by atoms with Gasteiger partial charge in [0.2, 0.25) is 0 Å². The van der Waals surface area contributed by atoms with Gasteiger partial charge in [0, 0.05) is 0 Å². The van der Waals surface area contributed by atoms with Crippen molar-refractivity contribution in [2.75, 3.05) is 19.6 Å². The highest BCUT2D eigenvalue weighted by atomic mass is 32.2. The molecule has 1 aliphatic heterocycles. The minimum Gasteiger partial charge on any atom is -0.189 e. The Labute approximate surface area is 217 Å². The van der Waals surface area contributed by atoms with Gasteiger partial charge in [-0.25, -0.2) is 0 Å². The van der Waals surface area contributed by atoms with Crippen LogP contribution < -0.4 is 0 Å². The lowest BCUT2D eigenvalue weighted by Crippen LogP contribution is -2.53. The molecule has 0 unspecified atom stereocenters. The van der Waals surface area contributed by atoms with E-state index in [4.69, 9.17) is 4.28 Å². The average Bonchev–Trinajstić information content (AvgIpc) is 2.84. The zero-order chi connectivity index (χ0) is 25.2. The molecule has 5 heteroatoms. The number of nitrogens with zero attached hydrogens (tertiary/aromatic N) is 1. The summed E-state index contributed by atoms with van der Waals surface area (Å²) in [5.41, 5.74) is 1.05. The van der Waals surface area contributed by atoms with E-state index >= 15 is 0 Å². The van der Waals surface area contributed by atoms with Crippen molar-refractivity contribution < 1.29 is 17.3 Å². The fourth-order valence-corrected chi connectivity index (χ4v) is 6.52. The highest BCUT2D eigenvalue weighted by Crippen LogP contribution is 2.26. The van der Waals surface area contributed by atoms with E-state index in [0.29, 0.717) is 0 Å². The molecule has 1 aromatic carbocycles. The van der Waals surface area contributed by atoms with E-state index in [9.17, 15) is 8.42 Å². The highest BCUT2D eigenvalue weighted by molar-refractivity contribution is 7.86. The van der Waals surface area contributed by atoms with Crippen LogP contribution >= 0.6 is 0 Å². The van der Waals surface area contributed by atoms with Crippen LogP contribution in [0.15, 0.2) is 29.2 Å². The van der Waals surface area contributed by atoms with Gasteiger partial charge < -0.3 is 0 Å². The minimum absolute atomic E-state index is 0.276. The summed E-state index contributed by atoms with van der Waals surface area (Å²) in [5.74, 6) is 0. The summed E-state index contributed by atoms with van der Waals surface area (Å²) in [4.78, 5) is 0.276. The maximum Gasteiger partial charge on any atom is 0.342 e. The lowest BCUT2D eigenvalue weighted by molar-refractivity contribution is -1.08. The molecule has 1 saturated heterocycles. The molecule has 0 amide bonds. The Hall–Kier alpha value is -0.910. The van der Waals surface area contributed by atoms with Crippen molar-refractivity contribution in [1.29, 1.82) is 0 Å². The second-order valence-electron chi connectivity index (χ2n) is 10.9. The van der Waals surface area contributed by atoms with E-state index in [1.807, 2.05) is 19.1 Å². The Morgan fingerprint density at radius 2 is 1.09 bits per heavy atom. The second kappa shape index (κ2) is 17.5. The third-order valence-electron chi connectivity index (χ3n) is 7.62. The van der Waals surface area contributed by atoms with Gasteiger partial charge in [-0.15, -0.1) is 0 Å². The molecule has 0 spiro atoms. The molecule has 0 atom stereocenters. The van der Waals surface area contributed by atoms with Crippen LogP contribution in [0, 0.1) is 6.92 Å². The summed E-state index contributed by atoms with van der Waals surface area (Å²) in [5, 5.41) is 0. The molecule has 1 aromatic rings. The SMILES string of the molecule is CCCCCCCCCCCCCCCCCC[N+]1(OS(=O)(=O)c2ccc(C)cc2)CCCCC1. The summed E-state index contributed by atoms with van der Waals surface area (Å²) in [7, 11) is -3.73. The maximum atomic E-state index is 13.0. The summed E-state index contributed by atoms with van der Waals surface area (Å²) in [6, 6.07) is 7.01. The van der Waals surface area contributed by atoms with Crippen LogP contribution in [0.3, 0.4) is 0 Å². The van der Waals surface area contributed by atoms with Crippen LogP contribution in [-0.2, 0) is 14.4 Å². The molecule has 35 heavy (non-hydrogen) atoms. The van der Waals surface area contributed by atoms with Gasteiger partial charge in [-0.1, -0.05) is 119 Å². The minimum atomic E-state index is -3.73. The zero-order valence-electron chi connectivity index (χ0n) is 22.9. The van der Waals surface area contributed by atoms with Crippen molar-refractivity contribution in [2.45, 2.75) is 141 Å². The molecule has 1 aliphatic rings. The fourth-order valence-electron chi connectivity index (χ4n) is 5.33. The molecule has 1 fully saturated rings. The molecule has 202 valence electrons. The van der Waals surface area contributed by atoms with Crippen LogP contribution in [-0.4, -0.2) is 32.7 Å². The number of benzene rings is 1. The Morgan fingerprint density at radius 3 is 1.54 bits per heavy atom. The fraction of sp³-hybridized carbons (Fsp3) is 0.800. The smallest absolute Gasteiger partial charge is 0.189 e. The molecule has 0 saturated carbocycles. The lowest BCUT2D eigenvalue weighted by atomic mass is 10.0. The van der Waals surface area contributed by atoms with Crippen LogP contribution in [0.25, 0.3) is 0 Å². The van der Waals surface area contributed by atoms with Crippen LogP contribution in [0.4, 0.5) is 0 Å². The predicted octanol–water partition coefficient (Wildman–Crippen LogP) is 8.88. The Bertz CT molecular complexity index is 754. The van der Waals surface area contributed by atoms with E-state index in [-0.39, 0.29) is 9.54 Å². The van der Waals surface area contributed by atoms with Crippen molar-refractivity contribution in [3.8, 4) is 0 Å². The molecular formula is C30H54NO3S+. The molecule has 0 aromatic heterocycles. The van der Waals surface area contributed by atoms with Gasteiger partial charge in [0.05, 0.1) is 4.90 Å². The van der Waals surface area contributed by atoms with E-state index in [1.54, 1.807) is 12.1 Å². The number of hydroxylamine groups is 3. The highest BCUT2D eigenvalue weighted by Gasteiger charge is 2.38. The monoisotopic (exact) mass is 508 g/mol. The van der Waals surface area contributed by atoms with Crippen molar-refractivity contribution in [1.82, 2.24) is 0 Å². The van der Waals surface area contributed by atoms with Gasteiger partial charge in [0.25, 0.3) is 0 Å². The van der Waals surface area contributed by atoms with Crippen LogP contribution in [0.1, 0.15) is 134 Å². The quantitative estimate of drug-likeness (QED) is 0.130. The number of hydrogen-bond donors (Lipinski definition) is 0. The summed E-state index contributed by atoms with van der Waals surface area (Å²) >= 11 is 0. The molecule has 4 nitrogen and oxygen atoms in total. The van der Waals surface area contributed by atoms with E-state index in [1.165, 1.54) is 103 Å². The summed E-state index contributed by atoms with van der Waals surface area (Å²) in [6.07, 6.45) is 24.9. The van der Waals surface area contributed by atoms with Crippen molar-refractivity contribution >= 4 is 10.1 Å².